The van der Waals surface area contributed by atoms with Crippen LogP contribution in [0.15, 0.2) is 104 Å². The highest BCUT2D eigenvalue weighted by Gasteiger charge is 2.66. The van der Waals surface area contributed by atoms with Crippen LogP contribution in [0.3, 0.4) is 0 Å². The summed E-state index contributed by atoms with van der Waals surface area (Å²) >= 11 is 0. The lowest BCUT2D eigenvalue weighted by Crippen LogP contribution is -2.51. The predicted octanol–water partition coefficient (Wildman–Crippen LogP) is 6.91. The number of fused-ring (bicyclic) bond motifs is 4. The van der Waals surface area contributed by atoms with Crippen molar-refractivity contribution in [2.75, 3.05) is 30.1 Å². The maximum Gasteiger partial charge on any atom is 0.266 e. The minimum absolute atomic E-state index is 0.0111. The lowest BCUT2D eigenvalue weighted by atomic mass is 9.82. The topological polar surface area (TPSA) is 88.5 Å². The van der Waals surface area contributed by atoms with Gasteiger partial charge in [0.05, 0.1) is 38.2 Å². The third kappa shape index (κ3) is 4.71. The van der Waals surface area contributed by atoms with E-state index in [2.05, 4.69) is 38.7 Å². The van der Waals surface area contributed by atoms with Gasteiger partial charge in [0.1, 0.15) is 11.5 Å². The molecule has 0 aliphatic carbocycles. The Bertz CT molecular complexity index is 1910. The summed E-state index contributed by atoms with van der Waals surface area (Å²) in [4.78, 5) is 32.5. The van der Waals surface area contributed by atoms with Crippen LogP contribution in [0.5, 0.6) is 17.2 Å². The second-order valence-corrected chi connectivity index (χ2v) is 18.0. The van der Waals surface area contributed by atoms with E-state index in [9.17, 15) is 14.7 Å². The van der Waals surface area contributed by atoms with Gasteiger partial charge in [-0.1, -0.05) is 67.7 Å². The lowest BCUT2D eigenvalue weighted by Gasteiger charge is -2.37. The van der Waals surface area contributed by atoms with Gasteiger partial charge < -0.3 is 24.2 Å². The molecule has 1 fully saturated rings. The maximum absolute atomic E-state index is 14.8. The summed E-state index contributed by atoms with van der Waals surface area (Å²) in [6.07, 6.45) is 1.76. The minimum atomic E-state index is -2.34. The molecule has 2 amide bonds. The number of anilines is 3. The van der Waals surface area contributed by atoms with Crippen LogP contribution >= 0.6 is 0 Å². The van der Waals surface area contributed by atoms with E-state index in [-0.39, 0.29) is 36.0 Å². The minimum Gasteiger partial charge on any atom is -0.497 e. The third-order valence-electron chi connectivity index (χ3n) is 10.4. The van der Waals surface area contributed by atoms with Crippen molar-refractivity contribution in [1.29, 1.82) is 0 Å². The van der Waals surface area contributed by atoms with E-state index in [1.165, 1.54) is 5.19 Å². The van der Waals surface area contributed by atoms with Crippen molar-refractivity contribution in [3.63, 3.8) is 0 Å². The summed E-state index contributed by atoms with van der Waals surface area (Å²) < 4.78 is 18.7. The number of para-hydroxylation sites is 3. The van der Waals surface area contributed by atoms with Crippen LogP contribution in [0, 0.1) is 5.92 Å². The van der Waals surface area contributed by atoms with E-state index < -0.39 is 13.7 Å². The molecule has 0 radical (unpaired) electrons. The molecule has 0 saturated carbocycles. The largest absolute Gasteiger partial charge is 0.497 e. The molecule has 3 aliphatic heterocycles. The molecular formula is C39H40N2O6Si. The van der Waals surface area contributed by atoms with Crippen LogP contribution in [0.2, 0.25) is 18.6 Å². The fourth-order valence-electron chi connectivity index (χ4n) is 8.21. The summed E-state index contributed by atoms with van der Waals surface area (Å²) in [7, 11) is -0.690. The first-order chi connectivity index (χ1) is 23.2. The third-order valence-corrected chi connectivity index (χ3v) is 14.8. The van der Waals surface area contributed by atoms with E-state index >= 15 is 0 Å². The number of aliphatic hydroxyl groups excluding tert-OH is 1. The highest BCUT2D eigenvalue weighted by atomic mass is 28.3. The Labute approximate surface area is 282 Å². The molecule has 0 bridgehead atoms. The molecule has 4 aromatic carbocycles. The summed E-state index contributed by atoms with van der Waals surface area (Å²) in [5.41, 5.74) is 1.76. The number of carbonyl (C=O) groups is 2. The van der Waals surface area contributed by atoms with Crippen LogP contribution < -0.4 is 24.5 Å². The normalized spacial score (nSPS) is 23.0. The van der Waals surface area contributed by atoms with Gasteiger partial charge in [-0.25, -0.2) is 0 Å². The number of hydrogen-bond donors (Lipinski definition) is 1. The molecule has 4 aromatic rings. The fraction of sp³-hybridized carbons (Fsp3) is 0.282. The molecule has 0 aromatic heterocycles. The van der Waals surface area contributed by atoms with E-state index in [1.807, 2.05) is 66.7 Å². The lowest BCUT2D eigenvalue weighted by molar-refractivity contribution is -0.146. The van der Waals surface area contributed by atoms with Crippen LogP contribution in [-0.2, 0) is 15.1 Å². The van der Waals surface area contributed by atoms with Crippen LogP contribution in [-0.4, -0.2) is 51.4 Å². The van der Waals surface area contributed by atoms with Gasteiger partial charge in [-0.3, -0.25) is 14.5 Å². The van der Waals surface area contributed by atoms with Gasteiger partial charge in [-0.05, 0) is 66.6 Å². The Hall–Kier alpha value is -4.70. The number of rotatable bonds is 8. The molecule has 3 heterocycles. The molecule has 3 aliphatic rings. The van der Waals surface area contributed by atoms with Crippen molar-refractivity contribution in [2.24, 2.45) is 5.92 Å². The number of carbonyl (C=O) groups excluding carboxylic acids is 2. The first kappa shape index (κ1) is 31.9. The predicted molar refractivity (Wildman–Crippen MR) is 190 cm³/mol. The Morgan fingerprint density at radius 2 is 1.67 bits per heavy atom. The van der Waals surface area contributed by atoms with Crippen LogP contribution in [0.25, 0.3) is 0 Å². The van der Waals surface area contributed by atoms with Gasteiger partial charge in [-0.2, -0.15) is 0 Å². The first-order valence-electron chi connectivity index (χ1n) is 16.4. The van der Waals surface area contributed by atoms with Crippen molar-refractivity contribution in [2.45, 2.75) is 43.7 Å². The number of benzene rings is 4. The number of amides is 2. The number of nitrogens with zero attached hydrogens (tertiary/aromatic N) is 2. The zero-order chi connectivity index (χ0) is 33.8. The molecule has 1 N–H and O–H groups in total. The molecular weight excluding hydrogens is 621 g/mol. The summed E-state index contributed by atoms with van der Waals surface area (Å²) in [6, 6.07) is 28.6. The molecule has 1 saturated heterocycles. The zero-order valence-electron chi connectivity index (χ0n) is 27.7. The highest BCUT2D eigenvalue weighted by molar-refractivity contribution is 6.91. The van der Waals surface area contributed by atoms with Crippen LogP contribution in [0.1, 0.15) is 29.3 Å². The molecule has 7 rings (SSSR count). The quantitative estimate of drug-likeness (QED) is 0.163. The maximum atomic E-state index is 14.8. The first-order valence-corrected chi connectivity index (χ1v) is 19.5. The molecule has 8 nitrogen and oxygen atoms in total. The second kappa shape index (κ2) is 12.1. The van der Waals surface area contributed by atoms with Gasteiger partial charge in [0, 0.05) is 30.3 Å². The average Bonchev–Trinajstić information content (AvgIpc) is 3.46. The monoisotopic (exact) mass is 660 g/mol. The van der Waals surface area contributed by atoms with Crippen molar-refractivity contribution in [3.05, 3.63) is 115 Å². The second-order valence-electron chi connectivity index (χ2n) is 13.3. The number of methoxy groups -OCH3 is 1. The Balaban J connectivity index is 1.39. The smallest absolute Gasteiger partial charge is 0.266 e. The Morgan fingerprint density at radius 1 is 0.958 bits per heavy atom. The number of ether oxygens (including phenoxy) is 3. The van der Waals surface area contributed by atoms with Crippen LogP contribution in [0.4, 0.5) is 17.1 Å². The fourth-order valence-corrected chi connectivity index (χ4v) is 12.3. The van der Waals surface area contributed by atoms with Crippen molar-refractivity contribution in [1.82, 2.24) is 0 Å². The Kier molecular flexibility index (Phi) is 8.02. The zero-order valence-corrected chi connectivity index (χ0v) is 28.7. The summed E-state index contributed by atoms with van der Waals surface area (Å²) in [5.74, 6) is 1.19. The molecule has 9 heteroatoms. The van der Waals surface area contributed by atoms with Gasteiger partial charge in [0.2, 0.25) is 0 Å². The molecule has 0 unspecified atom stereocenters. The number of hydrogen-bond acceptors (Lipinski definition) is 6. The van der Waals surface area contributed by atoms with E-state index in [1.54, 1.807) is 35.1 Å². The molecule has 4 atom stereocenters. The number of aliphatic hydroxyl groups is 1. The summed E-state index contributed by atoms with van der Waals surface area (Å²) in [6.45, 7) is 10.9. The van der Waals surface area contributed by atoms with Gasteiger partial charge >= 0.3 is 0 Å². The van der Waals surface area contributed by atoms with E-state index in [0.29, 0.717) is 47.0 Å². The highest BCUT2D eigenvalue weighted by Crippen LogP contribution is 2.60. The van der Waals surface area contributed by atoms with Crippen molar-refractivity contribution in [3.8, 4) is 17.2 Å². The average molecular weight is 661 g/mol. The van der Waals surface area contributed by atoms with E-state index in [4.69, 9.17) is 14.2 Å². The molecule has 246 valence electrons. The SMILES string of the molecule is C=CCN1C(=O)[C@@]2(O[C@@H](CCO)[C@H]([Si](C)(C)c3ccc(OC)cc3)[C@H]2C)c2cc(N3C(=O)c4ccccc4Oc4ccccc43)ccc21. The molecule has 48 heavy (non-hydrogen) atoms. The van der Waals surface area contributed by atoms with E-state index in [0.717, 1.165) is 11.4 Å². The van der Waals surface area contributed by atoms with Gasteiger partial charge in [-0.15, -0.1) is 6.58 Å². The van der Waals surface area contributed by atoms with Crippen molar-refractivity contribution < 1.29 is 28.9 Å². The van der Waals surface area contributed by atoms with Gasteiger partial charge in [0.15, 0.2) is 11.4 Å². The summed E-state index contributed by atoms with van der Waals surface area (Å²) in [5, 5.41) is 11.5. The van der Waals surface area contributed by atoms with Gasteiger partial charge in [0.25, 0.3) is 11.8 Å². The van der Waals surface area contributed by atoms with Crippen molar-refractivity contribution >= 4 is 42.1 Å². The molecule has 1 spiro atoms. The standard InChI is InChI=1S/C39H40N2O6Si/c1-6-22-40-31-20-15-26(41-32-12-8-10-14-34(32)46-33-13-9-7-11-29(33)37(41)43)24-30(31)39(38(40)44)25(2)36(35(47-39)21-23-42)48(4,5)28-18-16-27(45-3)17-19-28/h6-20,24-25,35-36,42H,1,21-23H2,2-5H3/t25-,35+,36-,39+/m1/s1. The Morgan fingerprint density at radius 3 is 2.38 bits per heavy atom.